The fourth-order valence-corrected chi connectivity index (χ4v) is 3.01. The van der Waals surface area contributed by atoms with Gasteiger partial charge >= 0.3 is 5.97 Å². The standard InChI is InChI=1S/C16H24N4O4/c1-16(2,14(22)23)12-9-17-15(20-4-3-11(21)10-20)18-13(12)19-5-7-24-8-6-19/h9,11,21H,3-8,10H2,1-2H3,(H,22,23). The second kappa shape index (κ2) is 6.52. The number of β-amino-alcohol motifs (C(OH)–C–C–N with tert-alkyl or cyclic N) is 1. The summed E-state index contributed by atoms with van der Waals surface area (Å²) in [5.74, 6) is 0.278. The second-order valence-electron chi connectivity index (χ2n) is 6.83. The minimum atomic E-state index is -1.09. The zero-order chi connectivity index (χ0) is 17.3. The van der Waals surface area contributed by atoms with Crippen LogP contribution in [0.2, 0.25) is 0 Å². The van der Waals surface area contributed by atoms with E-state index < -0.39 is 11.4 Å². The van der Waals surface area contributed by atoms with E-state index in [0.717, 1.165) is 0 Å². The van der Waals surface area contributed by atoms with E-state index >= 15 is 0 Å². The van der Waals surface area contributed by atoms with Crippen molar-refractivity contribution in [2.75, 3.05) is 49.2 Å². The number of anilines is 2. The van der Waals surface area contributed by atoms with Crippen LogP contribution in [0.4, 0.5) is 11.8 Å². The van der Waals surface area contributed by atoms with Crippen LogP contribution in [0, 0.1) is 0 Å². The molecule has 0 aliphatic carbocycles. The molecule has 0 spiro atoms. The number of hydrogen-bond acceptors (Lipinski definition) is 7. The van der Waals surface area contributed by atoms with Gasteiger partial charge in [-0.3, -0.25) is 4.79 Å². The van der Waals surface area contributed by atoms with Crippen LogP contribution >= 0.6 is 0 Å². The van der Waals surface area contributed by atoms with Crippen LogP contribution in [-0.2, 0) is 14.9 Å². The third kappa shape index (κ3) is 3.16. The number of hydrogen-bond donors (Lipinski definition) is 2. The second-order valence-corrected chi connectivity index (χ2v) is 6.83. The van der Waals surface area contributed by atoms with Gasteiger partial charge in [-0.25, -0.2) is 4.98 Å². The number of carboxylic acid groups (broad SMARTS) is 1. The first kappa shape index (κ1) is 16.9. The Labute approximate surface area is 141 Å². The Bertz CT molecular complexity index is 616. The van der Waals surface area contributed by atoms with Gasteiger partial charge in [0.15, 0.2) is 0 Å². The highest BCUT2D eigenvalue weighted by atomic mass is 16.5. The van der Waals surface area contributed by atoms with Crippen LogP contribution in [0.3, 0.4) is 0 Å². The van der Waals surface area contributed by atoms with E-state index in [1.54, 1.807) is 20.0 Å². The van der Waals surface area contributed by atoms with Crippen LogP contribution in [0.25, 0.3) is 0 Å². The summed E-state index contributed by atoms with van der Waals surface area (Å²) in [6.07, 6.45) is 1.94. The predicted molar refractivity (Wildman–Crippen MR) is 88.6 cm³/mol. The van der Waals surface area contributed by atoms with Crippen molar-refractivity contribution in [2.24, 2.45) is 0 Å². The zero-order valence-corrected chi connectivity index (χ0v) is 14.1. The van der Waals surface area contributed by atoms with Crippen molar-refractivity contribution in [2.45, 2.75) is 31.8 Å². The molecule has 2 N–H and O–H groups in total. The van der Waals surface area contributed by atoms with Crippen molar-refractivity contribution in [1.82, 2.24) is 9.97 Å². The van der Waals surface area contributed by atoms with Crippen LogP contribution < -0.4 is 9.80 Å². The number of carboxylic acids is 1. The van der Waals surface area contributed by atoms with Gasteiger partial charge in [0.1, 0.15) is 5.82 Å². The molecule has 1 atom stereocenters. The van der Waals surface area contributed by atoms with Gasteiger partial charge in [0.05, 0.1) is 24.7 Å². The van der Waals surface area contributed by atoms with Crippen LogP contribution in [-0.4, -0.2) is 71.6 Å². The molecule has 0 amide bonds. The number of aliphatic hydroxyl groups excluding tert-OH is 1. The number of aromatic nitrogens is 2. The van der Waals surface area contributed by atoms with E-state index in [0.29, 0.717) is 63.1 Å². The number of ether oxygens (including phenoxy) is 1. The number of nitrogens with zero attached hydrogens (tertiary/aromatic N) is 4. The lowest BCUT2D eigenvalue weighted by Crippen LogP contribution is -2.40. The molecule has 1 aromatic heterocycles. The third-order valence-corrected chi connectivity index (χ3v) is 4.72. The van der Waals surface area contributed by atoms with Gasteiger partial charge in [0.25, 0.3) is 0 Å². The van der Waals surface area contributed by atoms with E-state index in [1.165, 1.54) is 0 Å². The smallest absolute Gasteiger partial charge is 0.313 e. The highest BCUT2D eigenvalue weighted by Crippen LogP contribution is 2.33. The molecule has 2 aliphatic heterocycles. The zero-order valence-electron chi connectivity index (χ0n) is 14.1. The lowest BCUT2D eigenvalue weighted by Gasteiger charge is -2.33. The molecule has 2 aliphatic rings. The molecule has 8 heteroatoms. The van der Waals surface area contributed by atoms with Crippen molar-refractivity contribution in [1.29, 1.82) is 0 Å². The van der Waals surface area contributed by atoms with Gasteiger partial charge in [-0.2, -0.15) is 4.98 Å². The Morgan fingerprint density at radius 1 is 1.29 bits per heavy atom. The summed E-state index contributed by atoms with van der Waals surface area (Å²) in [5, 5.41) is 19.3. The van der Waals surface area contributed by atoms with Gasteiger partial charge in [-0.05, 0) is 20.3 Å². The third-order valence-electron chi connectivity index (χ3n) is 4.72. The molecule has 0 radical (unpaired) electrons. The topological polar surface area (TPSA) is 99.0 Å². The normalized spacial score (nSPS) is 22.0. The molecular weight excluding hydrogens is 312 g/mol. The van der Waals surface area contributed by atoms with Crippen molar-refractivity contribution in [3.8, 4) is 0 Å². The summed E-state index contributed by atoms with van der Waals surface area (Å²) in [6, 6.07) is 0. The molecule has 2 fully saturated rings. The molecular formula is C16H24N4O4. The number of aliphatic hydroxyl groups is 1. The molecule has 8 nitrogen and oxygen atoms in total. The van der Waals surface area contributed by atoms with Gasteiger partial charge in [-0.15, -0.1) is 0 Å². The van der Waals surface area contributed by atoms with E-state index in [1.807, 2.05) is 4.90 Å². The first-order valence-corrected chi connectivity index (χ1v) is 8.26. The van der Waals surface area contributed by atoms with Gasteiger partial charge in [0, 0.05) is 37.9 Å². The fourth-order valence-electron chi connectivity index (χ4n) is 3.01. The summed E-state index contributed by atoms with van der Waals surface area (Å²) < 4.78 is 5.39. The highest BCUT2D eigenvalue weighted by Gasteiger charge is 2.36. The maximum atomic E-state index is 11.7. The number of aliphatic carboxylic acids is 1. The average Bonchev–Trinajstić information content (AvgIpc) is 3.01. The van der Waals surface area contributed by atoms with Crippen LogP contribution in [0.1, 0.15) is 25.8 Å². The monoisotopic (exact) mass is 336 g/mol. The first-order chi connectivity index (χ1) is 11.4. The van der Waals surface area contributed by atoms with E-state index in [9.17, 15) is 15.0 Å². The van der Waals surface area contributed by atoms with Crippen molar-refractivity contribution in [3.63, 3.8) is 0 Å². The molecule has 2 saturated heterocycles. The Hall–Kier alpha value is -1.93. The van der Waals surface area contributed by atoms with Crippen LogP contribution in [0.15, 0.2) is 6.20 Å². The summed E-state index contributed by atoms with van der Waals surface area (Å²) in [5.41, 5.74) is -0.489. The average molecular weight is 336 g/mol. The Balaban J connectivity index is 2.00. The van der Waals surface area contributed by atoms with Gasteiger partial charge in [0.2, 0.25) is 5.95 Å². The summed E-state index contributed by atoms with van der Waals surface area (Å²) in [4.78, 5) is 24.7. The maximum Gasteiger partial charge on any atom is 0.313 e. The number of rotatable bonds is 4. The van der Waals surface area contributed by atoms with Crippen molar-refractivity contribution in [3.05, 3.63) is 11.8 Å². The largest absolute Gasteiger partial charge is 0.481 e. The molecule has 24 heavy (non-hydrogen) atoms. The minimum Gasteiger partial charge on any atom is -0.481 e. The lowest BCUT2D eigenvalue weighted by molar-refractivity contribution is -0.142. The van der Waals surface area contributed by atoms with Gasteiger partial charge in [-0.1, -0.05) is 0 Å². The summed E-state index contributed by atoms with van der Waals surface area (Å²) >= 11 is 0. The number of morpholine rings is 1. The molecule has 1 aromatic rings. The SMILES string of the molecule is CC(C)(C(=O)O)c1cnc(N2CCC(O)C2)nc1N1CCOCC1. The maximum absolute atomic E-state index is 11.7. The summed E-state index contributed by atoms with van der Waals surface area (Å²) in [6.45, 7) is 7.05. The molecule has 3 rings (SSSR count). The van der Waals surface area contributed by atoms with Crippen LogP contribution in [0.5, 0.6) is 0 Å². The first-order valence-electron chi connectivity index (χ1n) is 8.26. The molecule has 0 aromatic carbocycles. The summed E-state index contributed by atoms with van der Waals surface area (Å²) in [7, 11) is 0. The quantitative estimate of drug-likeness (QED) is 0.807. The fraction of sp³-hybridized carbons (Fsp3) is 0.688. The van der Waals surface area contributed by atoms with E-state index in [4.69, 9.17) is 4.74 Å². The minimum absolute atomic E-state index is 0.365. The lowest BCUT2D eigenvalue weighted by atomic mass is 9.85. The predicted octanol–water partition coefficient (Wildman–Crippen LogP) is 0.246. The molecule has 0 saturated carbocycles. The van der Waals surface area contributed by atoms with E-state index in [2.05, 4.69) is 14.9 Å². The Morgan fingerprint density at radius 3 is 2.58 bits per heavy atom. The molecule has 0 bridgehead atoms. The number of carbonyl (C=O) groups is 1. The highest BCUT2D eigenvalue weighted by molar-refractivity contribution is 5.82. The Morgan fingerprint density at radius 2 is 2.00 bits per heavy atom. The Kier molecular flexibility index (Phi) is 4.60. The van der Waals surface area contributed by atoms with Crippen molar-refractivity contribution < 1.29 is 19.7 Å². The van der Waals surface area contributed by atoms with E-state index in [-0.39, 0.29) is 6.10 Å². The molecule has 1 unspecified atom stereocenters. The molecule has 3 heterocycles. The van der Waals surface area contributed by atoms with Gasteiger partial charge < -0.3 is 24.7 Å². The molecule has 132 valence electrons. The van der Waals surface area contributed by atoms with Crippen molar-refractivity contribution >= 4 is 17.7 Å².